The second-order valence-electron chi connectivity index (χ2n) is 3.62. The topological polar surface area (TPSA) is 50.9 Å². The Hall–Kier alpha value is -1.39. The summed E-state index contributed by atoms with van der Waals surface area (Å²) < 4.78 is 1.66. The minimum Gasteiger partial charge on any atom is -0.390 e. The molecule has 0 radical (unpaired) electrons. The van der Waals surface area contributed by atoms with Crippen LogP contribution in [0.5, 0.6) is 0 Å². The highest BCUT2D eigenvalue weighted by Gasteiger charge is 2.09. The van der Waals surface area contributed by atoms with Gasteiger partial charge in [0, 0.05) is 5.02 Å². The van der Waals surface area contributed by atoms with Gasteiger partial charge in [0.05, 0.1) is 18.0 Å². The molecule has 0 unspecified atom stereocenters. The summed E-state index contributed by atoms with van der Waals surface area (Å²) in [6.45, 7) is 3.70. The Morgan fingerprint density at radius 1 is 1.38 bits per heavy atom. The number of nitrogens with zero attached hydrogens (tertiary/aromatic N) is 3. The fourth-order valence-corrected chi connectivity index (χ4v) is 1.64. The summed E-state index contributed by atoms with van der Waals surface area (Å²) in [5.41, 5.74) is 3.27. The van der Waals surface area contributed by atoms with Gasteiger partial charge in [-0.15, -0.1) is 5.10 Å². The molecule has 84 valence electrons. The van der Waals surface area contributed by atoms with Crippen molar-refractivity contribution in [3.63, 3.8) is 0 Å². The molecule has 0 fully saturated rings. The molecule has 0 amide bonds. The number of halogens is 1. The molecule has 16 heavy (non-hydrogen) atoms. The Morgan fingerprint density at radius 2 is 2.12 bits per heavy atom. The van der Waals surface area contributed by atoms with Crippen LogP contribution in [0, 0.1) is 13.8 Å². The summed E-state index contributed by atoms with van der Waals surface area (Å²) in [7, 11) is 0. The van der Waals surface area contributed by atoms with Gasteiger partial charge in [0.15, 0.2) is 0 Å². The van der Waals surface area contributed by atoms with Crippen LogP contribution >= 0.6 is 11.6 Å². The normalized spacial score (nSPS) is 10.8. The average Bonchev–Trinajstić information content (AvgIpc) is 2.64. The number of aryl methyl sites for hydroxylation is 1. The first kappa shape index (κ1) is 11.1. The van der Waals surface area contributed by atoms with Crippen molar-refractivity contribution in [1.82, 2.24) is 15.0 Å². The van der Waals surface area contributed by atoms with Crippen molar-refractivity contribution in [1.29, 1.82) is 0 Å². The lowest BCUT2D eigenvalue weighted by molar-refractivity contribution is 0.276. The molecule has 0 saturated carbocycles. The fraction of sp³-hybridized carbons (Fsp3) is 0.273. The quantitative estimate of drug-likeness (QED) is 0.870. The molecule has 0 saturated heterocycles. The Bertz CT molecular complexity index is 522. The Labute approximate surface area is 98.5 Å². The zero-order chi connectivity index (χ0) is 11.7. The number of rotatable bonds is 2. The van der Waals surface area contributed by atoms with Crippen molar-refractivity contribution >= 4 is 11.6 Å². The monoisotopic (exact) mass is 237 g/mol. The first-order valence-corrected chi connectivity index (χ1v) is 5.30. The van der Waals surface area contributed by atoms with Crippen molar-refractivity contribution in [3.8, 4) is 5.69 Å². The first-order valence-electron chi connectivity index (χ1n) is 4.92. The second-order valence-corrected chi connectivity index (χ2v) is 4.03. The molecule has 0 aliphatic rings. The van der Waals surface area contributed by atoms with Crippen LogP contribution in [-0.4, -0.2) is 20.1 Å². The number of aliphatic hydroxyl groups excluding tert-OH is 1. The fourth-order valence-electron chi connectivity index (χ4n) is 1.47. The minimum atomic E-state index is -0.106. The van der Waals surface area contributed by atoms with Gasteiger partial charge in [-0.2, -0.15) is 0 Å². The lowest BCUT2D eigenvalue weighted by atomic mass is 10.2. The third kappa shape index (κ3) is 1.81. The molecule has 5 heteroatoms. The zero-order valence-electron chi connectivity index (χ0n) is 9.11. The minimum absolute atomic E-state index is 0.106. The lowest BCUT2D eigenvalue weighted by Gasteiger charge is -2.05. The number of hydrogen-bond donors (Lipinski definition) is 1. The Kier molecular flexibility index (Phi) is 2.94. The van der Waals surface area contributed by atoms with Crippen molar-refractivity contribution in [3.05, 3.63) is 40.2 Å². The van der Waals surface area contributed by atoms with Crippen molar-refractivity contribution < 1.29 is 5.11 Å². The third-order valence-corrected chi connectivity index (χ3v) is 2.95. The van der Waals surface area contributed by atoms with Crippen molar-refractivity contribution in [2.24, 2.45) is 0 Å². The van der Waals surface area contributed by atoms with Gasteiger partial charge in [-0.3, -0.25) is 0 Å². The standard InChI is InChI=1S/C11H12ClN3O/c1-7-3-4-9(5-10(7)12)15-8(2)11(6-16)13-14-15/h3-5,16H,6H2,1-2H3. The van der Waals surface area contributed by atoms with Crippen LogP contribution in [0.4, 0.5) is 0 Å². The Morgan fingerprint density at radius 3 is 2.69 bits per heavy atom. The van der Waals surface area contributed by atoms with E-state index in [0.29, 0.717) is 10.7 Å². The summed E-state index contributed by atoms with van der Waals surface area (Å²) in [5.74, 6) is 0. The molecule has 1 heterocycles. The van der Waals surface area contributed by atoms with Gasteiger partial charge in [0.2, 0.25) is 0 Å². The summed E-state index contributed by atoms with van der Waals surface area (Å²) >= 11 is 6.05. The molecule has 0 spiro atoms. The highest BCUT2D eigenvalue weighted by Crippen LogP contribution is 2.20. The number of benzene rings is 1. The van der Waals surface area contributed by atoms with Gasteiger partial charge >= 0.3 is 0 Å². The van der Waals surface area contributed by atoms with E-state index >= 15 is 0 Å². The number of aromatic nitrogens is 3. The van der Waals surface area contributed by atoms with Crippen molar-refractivity contribution in [2.45, 2.75) is 20.5 Å². The van der Waals surface area contributed by atoms with Crippen LogP contribution in [0.25, 0.3) is 5.69 Å². The van der Waals surface area contributed by atoms with Crippen LogP contribution in [0.1, 0.15) is 17.0 Å². The smallest absolute Gasteiger partial charge is 0.111 e. The molecule has 4 nitrogen and oxygen atoms in total. The van der Waals surface area contributed by atoms with E-state index < -0.39 is 0 Å². The van der Waals surface area contributed by atoms with Gasteiger partial charge in [-0.25, -0.2) is 4.68 Å². The molecule has 0 atom stereocenters. The molecule has 0 bridgehead atoms. The molecule has 2 rings (SSSR count). The van der Waals surface area contributed by atoms with Crippen LogP contribution in [0.3, 0.4) is 0 Å². The maximum absolute atomic E-state index is 9.04. The van der Waals surface area contributed by atoms with E-state index in [2.05, 4.69) is 10.3 Å². The summed E-state index contributed by atoms with van der Waals surface area (Å²) in [6.07, 6.45) is 0. The highest BCUT2D eigenvalue weighted by molar-refractivity contribution is 6.31. The number of aliphatic hydroxyl groups is 1. The largest absolute Gasteiger partial charge is 0.390 e. The SMILES string of the molecule is Cc1ccc(-n2nnc(CO)c2C)cc1Cl. The average molecular weight is 238 g/mol. The molecular formula is C11H12ClN3O. The van der Waals surface area contributed by atoms with E-state index in [-0.39, 0.29) is 6.61 Å². The zero-order valence-corrected chi connectivity index (χ0v) is 9.86. The second kappa shape index (κ2) is 4.23. The Balaban J connectivity index is 2.50. The maximum Gasteiger partial charge on any atom is 0.111 e. The molecule has 1 aromatic heterocycles. The molecular weight excluding hydrogens is 226 g/mol. The van der Waals surface area contributed by atoms with Gasteiger partial charge in [-0.1, -0.05) is 22.9 Å². The predicted octanol–water partition coefficient (Wildman–Crippen LogP) is 2.03. The van der Waals surface area contributed by atoms with E-state index in [1.807, 2.05) is 32.0 Å². The molecule has 0 aliphatic carbocycles. The van der Waals surface area contributed by atoms with Crippen LogP contribution in [-0.2, 0) is 6.61 Å². The predicted molar refractivity (Wildman–Crippen MR) is 61.8 cm³/mol. The lowest BCUT2D eigenvalue weighted by Crippen LogP contribution is -1.99. The van der Waals surface area contributed by atoms with Gasteiger partial charge < -0.3 is 5.11 Å². The van der Waals surface area contributed by atoms with Crippen molar-refractivity contribution in [2.75, 3.05) is 0 Å². The first-order chi connectivity index (χ1) is 7.63. The van der Waals surface area contributed by atoms with Crippen LogP contribution in [0.2, 0.25) is 5.02 Å². The summed E-state index contributed by atoms with van der Waals surface area (Å²) in [6, 6.07) is 5.68. The summed E-state index contributed by atoms with van der Waals surface area (Å²) in [5, 5.41) is 17.6. The molecule has 1 aromatic carbocycles. The number of hydrogen-bond acceptors (Lipinski definition) is 3. The van der Waals surface area contributed by atoms with E-state index in [9.17, 15) is 0 Å². The highest BCUT2D eigenvalue weighted by atomic mass is 35.5. The van der Waals surface area contributed by atoms with E-state index in [0.717, 1.165) is 16.9 Å². The van der Waals surface area contributed by atoms with Crippen LogP contribution in [0.15, 0.2) is 18.2 Å². The maximum atomic E-state index is 9.04. The van der Waals surface area contributed by atoms with E-state index in [1.54, 1.807) is 4.68 Å². The van der Waals surface area contributed by atoms with Gasteiger partial charge in [0.25, 0.3) is 0 Å². The van der Waals surface area contributed by atoms with Crippen LogP contribution < -0.4 is 0 Å². The molecule has 0 aliphatic heterocycles. The molecule has 2 aromatic rings. The van der Waals surface area contributed by atoms with E-state index in [4.69, 9.17) is 16.7 Å². The molecule has 1 N–H and O–H groups in total. The van der Waals surface area contributed by atoms with Gasteiger partial charge in [0.1, 0.15) is 5.69 Å². The van der Waals surface area contributed by atoms with E-state index in [1.165, 1.54) is 0 Å². The third-order valence-electron chi connectivity index (χ3n) is 2.54. The van der Waals surface area contributed by atoms with Gasteiger partial charge in [-0.05, 0) is 31.5 Å². The summed E-state index contributed by atoms with van der Waals surface area (Å²) in [4.78, 5) is 0.